The molecule has 0 radical (unpaired) electrons. The molecule has 144 valence electrons. The van der Waals surface area contributed by atoms with Crippen LogP contribution in [-0.4, -0.2) is 26.7 Å². The van der Waals surface area contributed by atoms with Gasteiger partial charge in [-0.15, -0.1) is 0 Å². The molecule has 0 saturated heterocycles. The van der Waals surface area contributed by atoms with E-state index in [4.69, 9.17) is 0 Å². The van der Waals surface area contributed by atoms with Crippen molar-refractivity contribution in [2.75, 3.05) is 31.6 Å². The van der Waals surface area contributed by atoms with Crippen molar-refractivity contribution in [2.24, 2.45) is 5.92 Å². The first-order chi connectivity index (χ1) is 13.8. The number of para-hydroxylation sites is 1. The number of nitrogens with zero attached hydrogens (tertiary/aromatic N) is 1. The summed E-state index contributed by atoms with van der Waals surface area (Å²) in [7, 11) is 2.06. The smallest absolute Gasteiger partial charge is 0.0398 e. The SMILES string of the molecule is CNCC1Cc2ccccc2N(CCCc2ccc(-c3ccccc3)cc2)C1. The summed E-state index contributed by atoms with van der Waals surface area (Å²) in [5.41, 5.74) is 6.95. The van der Waals surface area contributed by atoms with Gasteiger partial charge in [0.25, 0.3) is 0 Å². The molecule has 0 aliphatic carbocycles. The average Bonchev–Trinajstić information content (AvgIpc) is 2.75. The van der Waals surface area contributed by atoms with Crippen molar-refractivity contribution in [3.05, 3.63) is 90.0 Å². The molecule has 2 heteroatoms. The van der Waals surface area contributed by atoms with Crippen molar-refractivity contribution in [1.29, 1.82) is 0 Å². The van der Waals surface area contributed by atoms with E-state index < -0.39 is 0 Å². The summed E-state index contributed by atoms with van der Waals surface area (Å²) in [4.78, 5) is 2.60. The molecule has 0 spiro atoms. The molecule has 0 fully saturated rings. The number of hydrogen-bond donors (Lipinski definition) is 1. The van der Waals surface area contributed by atoms with Crippen LogP contribution < -0.4 is 10.2 Å². The highest BCUT2D eigenvalue weighted by Crippen LogP contribution is 2.29. The third-order valence-corrected chi connectivity index (χ3v) is 5.77. The Bertz CT molecular complexity index is 870. The van der Waals surface area contributed by atoms with E-state index in [1.807, 2.05) is 0 Å². The molecule has 1 heterocycles. The van der Waals surface area contributed by atoms with Crippen molar-refractivity contribution < 1.29 is 0 Å². The maximum Gasteiger partial charge on any atom is 0.0398 e. The van der Waals surface area contributed by atoms with Crippen molar-refractivity contribution in [1.82, 2.24) is 5.32 Å². The van der Waals surface area contributed by atoms with E-state index in [0.29, 0.717) is 5.92 Å². The van der Waals surface area contributed by atoms with E-state index in [1.165, 1.54) is 40.8 Å². The van der Waals surface area contributed by atoms with Crippen LogP contribution in [0.5, 0.6) is 0 Å². The van der Waals surface area contributed by atoms with Gasteiger partial charge in [0.15, 0.2) is 0 Å². The molecule has 28 heavy (non-hydrogen) atoms. The minimum absolute atomic E-state index is 0.699. The molecule has 3 aromatic rings. The molecule has 1 atom stereocenters. The Morgan fingerprint density at radius 2 is 1.57 bits per heavy atom. The van der Waals surface area contributed by atoms with E-state index >= 15 is 0 Å². The number of aryl methyl sites for hydroxylation is 1. The normalized spacial score (nSPS) is 16.0. The van der Waals surface area contributed by atoms with Crippen LogP contribution in [0.3, 0.4) is 0 Å². The molecule has 0 amide bonds. The fourth-order valence-electron chi connectivity index (χ4n) is 4.38. The standard InChI is InChI=1S/C26H30N2/c1-27-19-22-18-25-11-5-6-12-26(25)28(20-22)17-7-8-21-13-15-24(16-14-21)23-9-3-2-4-10-23/h2-6,9-16,22,27H,7-8,17-20H2,1H3. The van der Waals surface area contributed by atoms with Gasteiger partial charge in [0.2, 0.25) is 0 Å². The minimum Gasteiger partial charge on any atom is -0.371 e. The van der Waals surface area contributed by atoms with Crippen LogP contribution in [0, 0.1) is 5.92 Å². The zero-order valence-electron chi connectivity index (χ0n) is 16.8. The molecule has 0 bridgehead atoms. The van der Waals surface area contributed by atoms with Gasteiger partial charge < -0.3 is 10.2 Å². The third kappa shape index (κ3) is 4.45. The molecular formula is C26H30N2. The van der Waals surface area contributed by atoms with E-state index in [0.717, 1.165) is 26.1 Å². The van der Waals surface area contributed by atoms with E-state index in [2.05, 4.69) is 96.1 Å². The Morgan fingerprint density at radius 3 is 2.36 bits per heavy atom. The van der Waals surface area contributed by atoms with Crippen LogP contribution in [0.25, 0.3) is 11.1 Å². The summed E-state index contributed by atoms with van der Waals surface area (Å²) in [6.07, 6.45) is 3.50. The monoisotopic (exact) mass is 370 g/mol. The predicted molar refractivity (Wildman–Crippen MR) is 120 cm³/mol. The highest BCUT2D eigenvalue weighted by molar-refractivity contribution is 5.63. The second-order valence-electron chi connectivity index (χ2n) is 7.87. The number of rotatable bonds is 7. The van der Waals surface area contributed by atoms with Crippen LogP contribution >= 0.6 is 0 Å². The second-order valence-corrected chi connectivity index (χ2v) is 7.87. The first kappa shape index (κ1) is 18.8. The van der Waals surface area contributed by atoms with Crippen molar-refractivity contribution >= 4 is 5.69 Å². The Labute approximate surface area is 169 Å². The lowest BCUT2D eigenvalue weighted by Crippen LogP contribution is -2.39. The highest BCUT2D eigenvalue weighted by atomic mass is 15.1. The van der Waals surface area contributed by atoms with Gasteiger partial charge in [-0.25, -0.2) is 0 Å². The first-order valence-corrected chi connectivity index (χ1v) is 10.5. The van der Waals surface area contributed by atoms with Crippen molar-refractivity contribution in [3.63, 3.8) is 0 Å². The summed E-state index contributed by atoms with van der Waals surface area (Å²) in [5.74, 6) is 0.699. The summed E-state index contributed by atoms with van der Waals surface area (Å²) in [6.45, 7) is 3.37. The lowest BCUT2D eigenvalue weighted by atomic mass is 9.92. The lowest BCUT2D eigenvalue weighted by molar-refractivity contribution is 0.466. The van der Waals surface area contributed by atoms with Crippen molar-refractivity contribution in [3.8, 4) is 11.1 Å². The Morgan fingerprint density at radius 1 is 0.857 bits per heavy atom. The van der Waals surface area contributed by atoms with Gasteiger partial charge in [0.1, 0.15) is 0 Å². The highest BCUT2D eigenvalue weighted by Gasteiger charge is 2.23. The second kappa shape index (κ2) is 9.07. The maximum atomic E-state index is 3.36. The molecule has 1 aliphatic heterocycles. The molecular weight excluding hydrogens is 340 g/mol. The number of benzene rings is 3. The molecule has 1 unspecified atom stereocenters. The van der Waals surface area contributed by atoms with Gasteiger partial charge in [0, 0.05) is 18.8 Å². The van der Waals surface area contributed by atoms with Gasteiger partial charge in [-0.05, 0) is 67.1 Å². The van der Waals surface area contributed by atoms with Crippen LogP contribution in [0.4, 0.5) is 5.69 Å². The molecule has 0 aromatic heterocycles. The van der Waals surface area contributed by atoms with Crippen LogP contribution in [-0.2, 0) is 12.8 Å². The predicted octanol–water partition coefficient (Wildman–Crippen LogP) is 5.18. The minimum atomic E-state index is 0.699. The van der Waals surface area contributed by atoms with Gasteiger partial charge in [-0.2, -0.15) is 0 Å². The van der Waals surface area contributed by atoms with E-state index in [1.54, 1.807) is 0 Å². The summed E-state index contributed by atoms with van der Waals surface area (Å²) in [5, 5.41) is 3.36. The van der Waals surface area contributed by atoms with E-state index in [9.17, 15) is 0 Å². The fourth-order valence-corrected chi connectivity index (χ4v) is 4.38. The third-order valence-electron chi connectivity index (χ3n) is 5.77. The fraction of sp³-hybridized carbons (Fsp3) is 0.308. The molecule has 1 aliphatic rings. The number of nitrogens with one attached hydrogen (secondary N) is 1. The average molecular weight is 371 g/mol. The Hall–Kier alpha value is -2.58. The lowest BCUT2D eigenvalue weighted by Gasteiger charge is -2.36. The van der Waals surface area contributed by atoms with Gasteiger partial charge >= 0.3 is 0 Å². The van der Waals surface area contributed by atoms with Gasteiger partial charge in [0.05, 0.1) is 0 Å². The zero-order valence-corrected chi connectivity index (χ0v) is 16.8. The largest absolute Gasteiger partial charge is 0.371 e. The van der Waals surface area contributed by atoms with Gasteiger partial charge in [-0.1, -0.05) is 72.8 Å². The van der Waals surface area contributed by atoms with Gasteiger partial charge in [-0.3, -0.25) is 0 Å². The molecule has 1 N–H and O–H groups in total. The van der Waals surface area contributed by atoms with Crippen molar-refractivity contribution in [2.45, 2.75) is 19.3 Å². The maximum absolute atomic E-state index is 3.36. The molecule has 0 saturated carbocycles. The Kier molecular flexibility index (Phi) is 6.08. The number of fused-ring (bicyclic) bond motifs is 1. The van der Waals surface area contributed by atoms with Crippen LogP contribution in [0.15, 0.2) is 78.9 Å². The number of hydrogen-bond acceptors (Lipinski definition) is 2. The topological polar surface area (TPSA) is 15.3 Å². The van der Waals surface area contributed by atoms with Crippen LogP contribution in [0.1, 0.15) is 17.5 Å². The summed E-state index contributed by atoms with van der Waals surface area (Å²) in [6, 6.07) is 28.6. The molecule has 4 rings (SSSR count). The molecule has 3 aromatic carbocycles. The summed E-state index contributed by atoms with van der Waals surface area (Å²) >= 11 is 0. The first-order valence-electron chi connectivity index (χ1n) is 10.5. The molecule has 2 nitrogen and oxygen atoms in total. The summed E-state index contributed by atoms with van der Waals surface area (Å²) < 4.78 is 0. The van der Waals surface area contributed by atoms with E-state index in [-0.39, 0.29) is 0 Å². The number of anilines is 1. The Balaban J connectivity index is 1.37. The zero-order chi connectivity index (χ0) is 19.2. The van der Waals surface area contributed by atoms with Crippen LogP contribution in [0.2, 0.25) is 0 Å². The quantitative estimate of drug-likeness (QED) is 0.616.